The van der Waals surface area contributed by atoms with Crippen LogP contribution >= 0.6 is 0 Å². The number of amides is 1. The first-order chi connectivity index (χ1) is 15.2. The summed E-state index contributed by atoms with van der Waals surface area (Å²) in [5.74, 6) is 0.298. The molecule has 1 amide bonds. The Morgan fingerprint density at radius 1 is 0.968 bits per heavy atom. The largest absolute Gasteiger partial charge is 0.488 e. The van der Waals surface area contributed by atoms with E-state index in [1.54, 1.807) is 59.5 Å². The number of aromatic nitrogens is 3. The topological polar surface area (TPSA) is 69.0 Å². The van der Waals surface area contributed by atoms with E-state index in [4.69, 9.17) is 4.74 Å². The predicted octanol–water partition coefficient (Wildman–Crippen LogP) is 4.49. The van der Waals surface area contributed by atoms with Gasteiger partial charge in [-0.3, -0.25) is 14.5 Å². The van der Waals surface area contributed by atoms with Crippen LogP contribution in [0.2, 0.25) is 0 Å². The van der Waals surface area contributed by atoms with E-state index >= 15 is 0 Å². The molecule has 0 radical (unpaired) electrons. The van der Waals surface area contributed by atoms with Crippen molar-refractivity contribution in [1.82, 2.24) is 14.8 Å². The van der Waals surface area contributed by atoms with Crippen LogP contribution in [0.5, 0.6) is 5.75 Å². The molecule has 0 saturated heterocycles. The van der Waals surface area contributed by atoms with Crippen molar-refractivity contribution in [2.75, 3.05) is 5.32 Å². The average molecular weight is 416 g/mol. The molecule has 0 aliphatic rings. The number of anilines is 1. The zero-order valence-corrected chi connectivity index (χ0v) is 16.7. The van der Waals surface area contributed by atoms with E-state index in [9.17, 15) is 9.18 Å². The van der Waals surface area contributed by atoms with Gasteiger partial charge in [-0.1, -0.05) is 24.3 Å². The number of nitrogens with one attached hydrogen (secondary N) is 1. The number of carbonyl (C=O) groups is 1. The Balaban J connectivity index is 1.37. The lowest BCUT2D eigenvalue weighted by Gasteiger charge is -2.11. The molecule has 0 spiro atoms. The van der Waals surface area contributed by atoms with Gasteiger partial charge in [-0.25, -0.2) is 4.39 Å². The van der Waals surface area contributed by atoms with E-state index < -0.39 is 0 Å². The molecule has 0 bridgehead atoms. The second-order valence-electron chi connectivity index (χ2n) is 6.93. The zero-order chi connectivity index (χ0) is 21.5. The predicted molar refractivity (Wildman–Crippen MR) is 115 cm³/mol. The van der Waals surface area contributed by atoms with Crippen LogP contribution in [-0.2, 0) is 19.6 Å². The Morgan fingerprint density at radius 2 is 1.74 bits per heavy atom. The van der Waals surface area contributed by atoms with Gasteiger partial charge in [-0.15, -0.1) is 0 Å². The first-order valence-corrected chi connectivity index (χ1v) is 9.87. The number of hydrogen-bond donors (Lipinski definition) is 1. The first-order valence-electron chi connectivity index (χ1n) is 9.87. The van der Waals surface area contributed by atoms with Gasteiger partial charge in [0, 0.05) is 31.2 Å². The molecule has 2 aromatic carbocycles. The SMILES string of the molecule is O=C(Nc1ccn(CCc2ccncc2)n1)c1ccccc1OCc1ccc(F)cc1. The van der Waals surface area contributed by atoms with Crippen molar-refractivity contribution in [3.05, 3.63) is 108 Å². The number of carbonyl (C=O) groups excluding carboxylic acids is 1. The van der Waals surface area contributed by atoms with E-state index in [-0.39, 0.29) is 18.3 Å². The van der Waals surface area contributed by atoms with E-state index in [1.807, 2.05) is 18.3 Å². The van der Waals surface area contributed by atoms with Crippen LogP contribution in [0, 0.1) is 5.82 Å². The summed E-state index contributed by atoms with van der Waals surface area (Å²) in [6.07, 6.45) is 6.17. The van der Waals surface area contributed by atoms with E-state index in [0.29, 0.717) is 23.7 Å². The lowest BCUT2D eigenvalue weighted by atomic mass is 10.2. The number of para-hydroxylation sites is 1. The molecule has 1 N–H and O–H groups in total. The summed E-state index contributed by atoms with van der Waals surface area (Å²) < 4.78 is 20.6. The Kier molecular flexibility index (Phi) is 6.32. The summed E-state index contributed by atoms with van der Waals surface area (Å²) in [5.41, 5.74) is 2.38. The minimum absolute atomic E-state index is 0.230. The van der Waals surface area contributed by atoms with Gasteiger partial charge < -0.3 is 10.1 Å². The molecule has 0 saturated carbocycles. The lowest BCUT2D eigenvalue weighted by molar-refractivity contribution is 0.102. The molecule has 2 heterocycles. The van der Waals surface area contributed by atoms with Gasteiger partial charge in [0.25, 0.3) is 5.91 Å². The smallest absolute Gasteiger partial charge is 0.260 e. The van der Waals surface area contributed by atoms with Crippen molar-refractivity contribution in [2.24, 2.45) is 0 Å². The van der Waals surface area contributed by atoms with Gasteiger partial charge in [0.2, 0.25) is 0 Å². The summed E-state index contributed by atoms with van der Waals surface area (Å²) in [6, 6.07) is 18.7. The molecular weight excluding hydrogens is 395 g/mol. The van der Waals surface area contributed by atoms with Gasteiger partial charge in [0.05, 0.1) is 5.56 Å². The second kappa shape index (κ2) is 9.67. The van der Waals surface area contributed by atoms with Gasteiger partial charge >= 0.3 is 0 Å². The number of pyridine rings is 1. The monoisotopic (exact) mass is 416 g/mol. The summed E-state index contributed by atoms with van der Waals surface area (Å²) in [7, 11) is 0. The third kappa shape index (κ3) is 5.54. The fraction of sp³-hybridized carbons (Fsp3) is 0.125. The van der Waals surface area contributed by atoms with Crippen molar-refractivity contribution in [3.8, 4) is 5.75 Å². The van der Waals surface area contributed by atoms with Crippen LogP contribution < -0.4 is 10.1 Å². The van der Waals surface area contributed by atoms with Crippen molar-refractivity contribution in [3.63, 3.8) is 0 Å². The van der Waals surface area contributed by atoms with Gasteiger partial charge in [-0.05, 0) is 53.9 Å². The normalized spacial score (nSPS) is 10.6. The van der Waals surface area contributed by atoms with Crippen molar-refractivity contribution < 1.29 is 13.9 Å². The highest BCUT2D eigenvalue weighted by Crippen LogP contribution is 2.21. The number of ether oxygens (including phenoxy) is 1. The van der Waals surface area contributed by atoms with E-state index in [2.05, 4.69) is 15.4 Å². The summed E-state index contributed by atoms with van der Waals surface area (Å²) in [6.45, 7) is 0.922. The van der Waals surface area contributed by atoms with Crippen LogP contribution in [0.3, 0.4) is 0 Å². The number of hydrogen-bond acceptors (Lipinski definition) is 4. The molecule has 0 unspecified atom stereocenters. The summed E-state index contributed by atoms with van der Waals surface area (Å²) in [5, 5.41) is 7.23. The highest BCUT2D eigenvalue weighted by atomic mass is 19.1. The summed E-state index contributed by atoms with van der Waals surface area (Å²) >= 11 is 0. The molecule has 156 valence electrons. The molecule has 0 aliphatic carbocycles. The molecule has 0 fully saturated rings. The maximum Gasteiger partial charge on any atom is 0.260 e. The fourth-order valence-corrected chi connectivity index (χ4v) is 3.05. The Labute approximate surface area is 179 Å². The standard InChI is InChI=1S/C24H21FN4O2/c25-20-7-5-19(6-8-20)17-31-22-4-2-1-3-21(22)24(30)27-23-12-16-29(28-23)15-11-18-9-13-26-14-10-18/h1-10,12-14,16H,11,15,17H2,(H,27,28,30). The van der Waals surface area contributed by atoms with Crippen LogP contribution in [0.4, 0.5) is 10.2 Å². The zero-order valence-electron chi connectivity index (χ0n) is 16.7. The third-order valence-corrected chi connectivity index (χ3v) is 4.70. The highest BCUT2D eigenvalue weighted by Gasteiger charge is 2.14. The molecule has 31 heavy (non-hydrogen) atoms. The third-order valence-electron chi connectivity index (χ3n) is 4.70. The molecule has 6 nitrogen and oxygen atoms in total. The van der Waals surface area contributed by atoms with Gasteiger partial charge in [0.15, 0.2) is 5.82 Å². The Hall–Kier alpha value is -4.00. The molecule has 0 aliphatic heterocycles. The number of halogens is 1. The molecule has 4 rings (SSSR count). The molecule has 0 atom stereocenters. The first kappa shape index (κ1) is 20.3. The fourth-order valence-electron chi connectivity index (χ4n) is 3.05. The van der Waals surface area contributed by atoms with E-state index in [1.165, 1.54) is 17.7 Å². The highest BCUT2D eigenvalue weighted by molar-refractivity contribution is 6.05. The van der Waals surface area contributed by atoms with Crippen molar-refractivity contribution in [2.45, 2.75) is 19.6 Å². The minimum atomic E-state index is -0.311. The lowest BCUT2D eigenvalue weighted by Crippen LogP contribution is -2.14. The number of aryl methyl sites for hydroxylation is 2. The minimum Gasteiger partial charge on any atom is -0.488 e. The number of benzene rings is 2. The Bertz CT molecular complexity index is 1140. The maximum absolute atomic E-state index is 13.1. The van der Waals surface area contributed by atoms with E-state index in [0.717, 1.165) is 12.0 Å². The molecule has 7 heteroatoms. The quantitative estimate of drug-likeness (QED) is 0.459. The van der Waals surface area contributed by atoms with Gasteiger partial charge in [0.1, 0.15) is 18.2 Å². The van der Waals surface area contributed by atoms with Crippen LogP contribution in [0.25, 0.3) is 0 Å². The number of rotatable bonds is 8. The summed E-state index contributed by atoms with van der Waals surface area (Å²) in [4.78, 5) is 16.8. The second-order valence-corrected chi connectivity index (χ2v) is 6.93. The van der Waals surface area contributed by atoms with Crippen LogP contribution in [0.15, 0.2) is 85.3 Å². The number of nitrogens with zero attached hydrogens (tertiary/aromatic N) is 3. The average Bonchev–Trinajstić information content (AvgIpc) is 3.25. The Morgan fingerprint density at radius 3 is 2.55 bits per heavy atom. The van der Waals surface area contributed by atoms with Gasteiger partial charge in [-0.2, -0.15) is 5.10 Å². The maximum atomic E-state index is 13.1. The van der Waals surface area contributed by atoms with Crippen LogP contribution in [-0.4, -0.2) is 20.7 Å². The molecular formula is C24H21FN4O2. The van der Waals surface area contributed by atoms with Crippen molar-refractivity contribution >= 4 is 11.7 Å². The van der Waals surface area contributed by atoms with Crippen molar-refractivity contribution in [1.29, 1.82) is 0 Å². The molecule has 2 aromatic heterocycles. The molecule has 4 aromatic rings. The van der Waals surface area contributed by atoms with Crippen LogP contribution in [0.1, 0.15) is 21.5 Å².